The number of amides is 1. The van der Waals surface area contributed by atoms with Gasteiger partial charge in [0.05, 0.1) is 11.4 Å². The van der Waals surface area contributed by atoms with Crippen LogP contribution in [0.5, 0.6) is 0 Å². The number of carbonyl (C=O) groups is 2. The first kappa shape index (κ1) is 14.3. The largest absolute Gasteiger partial charge is 0.357 e. The summed E-state index contributed by atoms with van der Waals surface area (Å²) in [6.07, 6.45) is 3.05. The van der Waals surface area contributed by atoms with E-state index in [9.17, 15) is 9.59 Å². The van der Waals surface area contributed by atoms with Crippen molar-refractivity contribution in [1.82, 2.24) is 0 Å². The van der Waals surface area contributed by atoms with Crippen molar-refractivity contribution >= 4 is 23.1 Å². The summed E-state index contributed by atoms with van der Waals surface area (Å²) in [7, 11) is 0. The number of benzene rings is 1. The third-order valence-corrected chi connectivity index (χ3v) is 3.19. The molecule has 1 aromatic rings. The average Bonchev–Trinajstić information content (AvgIpc) is 2.28. The normalized spacial score (nSPS) is 17.4. The highest BCUT2D eigenvalue weighted by Gasteiger charge is 2.27. The smallest absolute Gasteiger partial charge is 0.221 e. The first-order chi connectivity index (χ1) is 9.35. The van der Waals surface area contributed by atoms with Crippen molar-refractivity contribution in [2.75, 3.05) is 10.6 Å². The standard InChI is InChI=1S/C16H20N2O2/c1-11(19)17-14-6-4-5-7-15(14)18-12-8-13(20)10-16(2,3)9-12/h4-8,18H,9-10H2,1-3H3,(H,17,19). The van der Waals surface area contributed by atoms with Crippen LogP contribution in [-0.2, 0) is 9.59 Å². The molecule has 20 heavy (non-hydrogen) atoms. The molecule has 0 fully saturated rings. The van der Waals surface area contributed by atoms with Crippen LogP contribution in [0.4, 0.5) is 11.4 Å². The van der Waals surface area contributed by atoms with Gasteiger partial charge in [0.2, 0.25) is 5.91 Å². The monoisotopic (exact) mass is 272 g/mol. The second kappa shape index (κ2) is 5.49. The van der Waals surface area contributed by atoms with Crippen LogP contribution in [0.15, 0.2) is 36.0 Å². The van der Waals surface area contributed by atoms with E-state index in [1.807, 2.05) is 24.3 Å². The molecule has 2 N–H and O–H groups in total. The highest BCUT2D eigenvalue weighted by atomic mass is 16.1. The van der Waals surface area contributed by atoms with Crippen LogP contribution in [0.2, 0.25) is 0 Å². The molecule has 0 heterocycles. The Balaban J connectivity index is 2.22. The zero-order chi connectivity index (χ0) is 14.8. The molecule has 0 atom stereocenters. The Bertz CT molecular complexity index is 574. The Morgan fingerprint density at radius 1 is 1.15 bits per heavy atom. The lowest BCUT2D eigenvalue weighted by molar-refractivity contribution is -0.117. The molecule has 0 saturated carbocycles. The molecular weight excluding hydrogens is 252 g/mol. The Labute approximate surface area is 119 Å². The van der Waals surface area contributed by atoms with Crippen molar-refractivity contribution in [3.8, 4) is 0 Å². The van der Waals surface area contributed by atoms with E-state index in [1.165, 1.54) is 6.92 Å². The van der Waals surface area contributed by atoms with Gasteiger partial charge >= 0.3 is 0 Å². The molecule has 0 unspecified atom stereocenters. The fraction of sp³-hybridized carbons (Fsp3) is 0.375. The molecule has 0 aliphatic heterocycles. The summed E-state index contributed by atoms with van der Waals surface area (Å²) in [5, 5.41) is 6.05. The molecule has 0 aromatic heterocycles. The van der Waals surface area contributed by atoms with Crippen molar-refractivity contribution in [3.05, 3.63) is 36.0 Å². The maximum atomic E-state index is 11.8. The van der Waals surface area contributed by atoms with Gasteiger partial charge in [-0.1, -0.05) is 26.0 Å². The van der Waals surface area contributed by atoms with Gasteiger partial charge in [0, 0.05) is 25.1 Å². The third kappa shape index (κ3) is 3.70. The van der Waals surface area contributed by atoms with Gasteiger partial charge in [0.1, 0.15) is 0 Å². The minimum atomic E-state index is -0.117. The highest BCUT2D eigenvalue weighted by molar-refractivity contribution is 5.94. The number of hydrogen-bond donors (Lipinski definition) is 2. The van der Waals surface area contributed by atoms with Crippen molar-refractivity contribution in [3.63, 3.8) is 0 Å². The van der Waals surface area contributed by atoms with Crippen LogP contribution in [0, 0.1) is 5.41 Å². The van der Waals surface area contributed by atoms with Crippen molar-refractivity contribution < 1.29 is 9.59 Å². The first-order valence-electron chi connectivity index (χ1n) is 6.73. The third-order valence-electron chi connectivity index (χ3n) is 3.19. The zero-order valence-corrected chi connectivity index (χ0v) is 12.1. The quantitative estimate of drug-likeness (QED) is 0.887. The van der Waals surface area contributed by atoms with Gasteiger partial charge in [-0.05, 0) is 24.0 Å². The predicted octanol–water partition coefficient (Wildman–Crippen LogP) is 3.33. The Kier molecular flexibility index (Phi) is 3.93. The summed E-state index contributed by atoms with van der Waals surface area (Å²) >= 11 is 0. The number of hydrogen-bond acceptors (Lipinski definition) is 3. The Morgan fingerprint density at radius 2 is 1.80 bits per heavy atom. The summed E-state index contributed by atoms with van der Waals surface area (Å²) in [6, 6.07) is 7.48. The van der Waals surface area contributed by atoms with Gasteiger partial charge in [0.25, 0.3) is 0 Å². The van der Waals surface area contributed by atoms with Crippen LogP contribution >= 0.6 is 0 Å². The summed E-state index contributed by atoms with van der Waals surface area (Å²) in [6.45, 7) is 5.64. The van der Waals surface area contributed by atoms with Crippen LogP contribution in [0.1, 0.15) is 33.6 Å². The van der Waals surface area contributed by atoms with Crippen molar-refractivity contribution in [1.29, 1.82) is 0 Å². The number of allylic oxidation sites excluding steroid dienone is 2. The molecule has 4 nitrogen and oxygen atoms in total. The SMILES string of the molecule is CC(=O)Nc1ccccc1NC1=CC(=O)CC(C)(C)C1. The van der Waals surface area contributed by atoms with Gasteiger partial charge in [-0.3, -0.25) is 9.59 Å². The number of ketones is 1. The molecule has 2 rings (SSSR count). The summed E-state index contributed by atoms with van der Waals surface area (Å²) < 4.78 is 0. The fourth-order valence-corrected chi connectivity index (χ4v) is 2.49. The van der Waals surface area contributed by atoms with Gasteiger partial charge in [-0.2, -0.15) is 0 Å². The number of carbonyl (C=O) groups excluding carboxylic acids is 2. The summed E-state index contributed by atoms with van der Waals surface area (Å²) in [4.78, 5) is 23.0. The zero-order valence-electron chi connectivity index (χ0n) is 12.1. The second-order valence-corrected chi connectivity index (χ2v) is 6.01. The summed E-state index contributed by atoms with van der Waals surface area (Å²) in [5.41, 5.74) is 2.39. The topological polar surface area (TPSA) is 58.2 Å². The molecule has 1 aliphatic rings. The first-order valence-corrected chi connectivity index (χ1v) is 6.73. The van der Waals surface area contributed by atoms with Crippen molar-refractivity contribution in [2.45, 2.75) is 33.6 Å². The second-order valence-electron chi connectivity index (χ2n) is 6.01. The number of rotatable bonds is 3. The number of anilines is 2. The lowest BCUT2D eigenvalue weighted by atomic mass is 9.79. The fourth-order valence-electron chi connectivity index (χ4n) is 2.49. The van der Waals surface area contributed by atoms with E-state index >= 15 is 0 Å². The molecule has 0 saturated heterocycles. The highest BCUT2D eigenvalue weighted by Crippen LogP contribution is 2.35. The Hall–Kier alpha value is -2.10. The van der Waals surface area contributed by atoms with Gasteiger partial charge in [-0.25, -0.2) is 0 Å². The average molecular weight is 272 g/mol. The number of nitrogens with one attached hydrogen (secondary N) is 2. The summed E-state index contributed by atoms with van der Waals surface area (Å²) in [5.74, 6) is 0.0223. The van der Waals surface area contributed by atoms with E-state index in [1.54, 1.807) is 6.08 Å². The minimum absolute atomic E-state index is 0.0306. The van der Waals surface area contributed by atoms with E-state index in [2.05, 4.69) is 24.5 Å². The van der Waals surface area contributed by atoms with Gasteiger partial charge in [0.15, 0.2) is 5.78 Å². The minimum Gasteiger partial charge on any atom is -0.357 e. The maximum Gasteiger partial charge on any atom is 0.221 e. The van der Waals surface area contributed by atoms with Crippen LogP contribution in [-0.4, -0.2) is 11.7 Å². The van der Waals surface area contributed by atoms with Gasteiger partial charge < -0.3 is 10.6 Å². The van der Waals surface area contributed by atoms with Crippen LogP contribution in [0.25, 0.3) is 0 Å². The van der Waals surface area contributed by atoms with Crippen LogP contribution in [0.3, 0.4) is 0 Å². The van der Waals surface area contributed by atoms with E-state index in [0.29, 0.717) is 6.42 Å². The van der Waals surface area contributed by atoms with E-state index in [-0.39, 0.29) is 17.1 Å². The Morgan fingerprint density at radius 3 is 2.40 bits per heavy atom. The van der Waals surface area contributed by atoms with Crippen LogP contribution < -0.4 is 10.6 Å². The molecule has 1 amide bonds. The lowest BCUT2D eigenvalue weighted by Gasteiger charge is -2.29. The molecule has 1 aromatic carbocycles. The molecule has 0 spiro atoms. The maximum absolute atomic E-state index is 11.8. The van der Waals surface area contributed by atoms with E-state index in [4.69, 9.17) is 0 Å². The van der Waals surface area contributed by atoms with E-state index in [0.717, 1.165) is 23.5 Å². The van der Waals surface area contributed by atoms with Crippen molar-refractivity contribution in [2.24, 2.45) is 5.41 Å². The molecular formula is C16H20N2O2. The lowest BCUT2D eigenvalue weighted by Crippen LogP contribution is -2.24. The molecule has 1 aliphatic carbocycles. The molecule has 4 heteroatoms. The molecule has 0 bridgehead atoms. The van der Waals surface area contributed by atoms with E-state index < -0.39 is 0 Å². The predicted molar refractivity (Wildman–Crippen MR) is 80.5 cm³/mol. The number of para-hydroxylation sites is 2. The molecule has 0 radical (unpaired) electrons. The van der Waals surface area contributed by atoms with Gasteiger partial charge in [-0.15, -0.1) is 0 Å². The molecule has 106 valence electrons.